The van der Waals surface area contributed by atoms with Crippen LogP contribution < -0.4 is 10.1 Å². The van der Waals surface area contributed by atoms with Crippen LogP contribution in [0.3, 0.4) is 0 Å². The number of benzene rings is 2. The molecule has 1 fully saturated rings. The SMILES string of the molecule is CC(C)(C)OC(=O)N[C@@H](Cc1ccc(OC(=O)OCc2ccccc2Br)cc1)C(=O)ON1C(=O)CCC1=O. The molecule has 0 aromatic heterocycles. The zero-order chi connectivity index (χ0) is 27.9. The number of hydrogen-bond acceptors (Lipinski definition) is 9. The van der Waals surface area contributed by atoms with Crippen molar-refractivity contribution in [2.45, 2.75) is 58.3 Å². The van der Waals surface area contributed by atoms with E-state index in [9.17, 15) is 24.0 Å². The largest absolute Gasteiger partial charge is 0.514 e. The Morgan fingerprint density at radius 2 is 1.63 bits per heavy atom. The van der Waals surface area contributed by atoms with E-state index in [4.69, 9.17) is 19.0 Å². The third kappa shape index (κ3) is 8.58. The van der Waals surface area contributed by atoms with Crippen molar-refractivity contribution in [3.05, 3.63) is 64.1 Å². The summed E-state index contributed by atoms with van der Waals surface area (Å²) in [5.74, 6) is -2.12. The summed E-state index contributed by atoms with van der Waals surface area (Å²) in [6, 6.07) is 12.1. The summed E-state index contributed by atoms with van der Waals surface area (Å²) in [5.41, 5.74) is 0.493. The Morgan fingerprint density at radius 3 is 2.24 bits per heavy atom. The van der Waals surface area contributed by atoms with Crippen molar-refractivity contribution in [3.63, 3.8) is 0 Å². The molecule has 202 valence electrons. The lowest BCUT2D eigenvalue weighted by Crippen LogP contribution is -2.48. The van der Waals surface area contributed by atoms with Gasteiger partial charge in [-0.3, -0.25) is 9.59 Å². The highest BCUT2D eigenvalue weighted by atomic mass is 79.9. The minimum absolute atomic E-state index is 0.0144. The quantitative estimate of drug-likeness (QED) is 0.272. The van der Waals surface area contributed by atoms with E-state index < -0.39 is 41.7 Å². The van der Waals surface area contributed by atoms with E-state index in [0.717, 1.165) is 10.0 Å². The fourth-order valence-corrected chi connectivity index (χ4v) is 3.66. The predicted octanol–water partition coefficient (Wildman–Crippen LogP) is 4.21. The molecule has 3 rings (SSSR count). The number of nitrogens with one attached hydrogen (secondary N) is 1. The summed E-state index contributed by atoms with van der Waals surface area (Å²) in [4.78, 5) is 65.8. The minimum atomic E-state index is -1.29. The summed E-state index contributed by atoms with van der Waals surface area (Å²) in [6.07, 6.45) is -1.99. The average Bonchev–Trinajstić information content (AvgIpc) is 3.15. The fourth-order valence-electron chi connectivity index (χ4n) is 3.26. The highest BCUT2D eigenvalue weighted by molar-refractivity contribution is 9.10. The number of imide groups is 1. The number of alkyl carbamates (subject to hydrolysis) is 1. The summed E-state index contributed by atoms with van der Waals surface area (Å²) in [6.45, 7) is 4.98. The van der Waals surface area contributed by atoms with Gasteiger partial charge in [0.05, 0.1) is 0 Å². The maximum absolute atomic E-state index is 12.8. The Bertz CT molecular complexity index is 1190. The molecule has 0 saturated carbocycles. The number of halogens is 1. The van der Waals surface area contributed by atoms with Gasteiger partial charge in [0, 0.05) is 29.3 Å². The maximum Gasteiger partial charge on any atom is 0.514 e. The summed E-state index contributed by atoms with van der Waals surface area (Å²) < 4.78 is 16.3. The molecular weight excluding hydrogens is 564 g/mol. The number of rotatable bonds is 8. The van der Waals surface area contributed by atoms with E-state index in [1.807, 2.05) is 18.2 Å². The van der Waals surface area contributed by atoms with E-state index in [0.29, 0.717) is 10.6 Å². The van der Waals surface area contributed by atoms with Crippen LogP contribution >= 0.6 is 15.9 Å². The molecule has 1 atom stereocenters. The second kappa shape index (κ2) is 12.5. The maximum atomic E-state index is 12.8. The Kier molecular flexibility index (Phi) is 9.45. The van der Waals surface area contributed by atoms with E-state index in [1.54, 1.807) is 39.0 Å². The monoisotopic (exact) mass is 590 g/mol. The second-order valence-corrected chi connectivity index (χ2v) is 10.1. The average molecular weight is 591 g/mol. The van der Waals surface area contributed by atoms with Crippen molar-refractivity contribution in [2.24, 2.45) is 0 Å². The van der Waals surface area contributed by atoms with Crippen LogP contribution in [0, 0.1) is 0 Å². The van der Waals surface area contributed by atoms with Gasteiger partial charge in [0.15, 0.2) is 0 Å². The molecule has 0 radical (unpaired) electrons. The standard InChI is InChI=1S/C26H27BrN2O9/c1-26(2,3)37-24(33)28-20(23(32)38-29-21(30)12-13-22(29)31)14-16-8-10-18(11-9-16)36-25(34)35-15-17-6-4-5-7-19(17)27/h4-11,20H,12-15H2,1-3H3,(H,28,33)/t20-/m0/s1. The lowest BCUT2D eigenvalue weighted by Gasteiger charge is -2.23. The van der Waals surface area contributed by atoms with E-state index in [-0.39, 0.29) is 31.6 Å². The predicted molar refractivity (Wildman–Crippen MR) is 135 cm³/mol. The van der Waals surface area contributed by atoms with Crippen LogP contribution in [0.15, 0.2) is 53.0 Å². The highest BCUT2D eigenvalue weighted by Crippen LogP contribution is 2.19. The van der Waals surface area contributed by atoms with Gasteiger partial charge in [-0.1, -0.05) is 46.3 Å². The third-order valence-electron chi connectivity index (χ3n) is 5.03. The van der Waals surface area contributed by atoms with Crippen molar-refractivity contribution >= 4 is 46.0 Å². The van der Waals surface area contributed by atoms with Crippen molar-refractivity contribution in [1.29, 1.82) is 0 Å². The smallest absolute Gasteiger partial charge is 0.444 e. The molecule has 2 aromatic carbocycles. The number of ether oxygens (including phenoxy) is 3. The molecule has 1 N–H and O–H groups in total. The number of hydrogen-bond donors (Lipinski definition) is 1. The van der Waals surface area contributed by atoms with Gasteiger partial charge in [0.2, 0.25) is 0 Å². The van der Waals surface area contributed by atoms with E-state index >= 15 is 0 Å². The van der Waals surface area contributed by atoms with Gasteiger partial charge < -0.3 is 24.4 Å². The molecule has 1 aliphatic rings. The van der Waals surface area contributed by atoms with Gasteiger partial charge in [-0.25, -0.2) is 14.4 Å². The van der Waals surface area contributed by atoms with E-state index in [1.165, 1.54) is 12.1 Å². The first-order valence-corrected chi connectivity index (χ1v) is 12.4. The number of hydroxylamine groups is 2. The highest BCUT2D eigenvalue weighted by Gasteiger charge is 2.36. The lowest BCUT2D eigenvalue weighted by atomic mass is 10.1. The molecule has 38 heavy (non-hydrogen) atoms. The molecule has 0 aliphatic carbocycles. The second-order valence-electron chi connectivity index (χ2n) is 9.27. The Hall–Kier alpha value is -3.93. The molecule has 0 unspecified atom stereocenters. The van der Waals surface area contributed by atoms with Gasteiger partial charge >= 0.3 is 18.2 Å². The first-order chi connectivity index (χ1) is 17.9. The molecule has 2 aromatic rings. The van der Waals surface area contributed by atoms with Gasteiger partial charge in [-0.15, -0.1) is 5.06 Å². The Balaban J connectivity index is 1.63. The molecular formula is C26H27BrN2O9. The number of carbonyl (C=O) groups is 5. The summed E-state index contributed by atoms with van der Waals surface area (Å²) in [7, 11) is 0. The third-order valence-corrected chi connectivity index (χ3v) is 5.80. The first kappa shape index (κ1) is 28.6. The summed E-state index contributed by atoms with van der Waals surface area (Å²) >= 11 is 3.37. The van der Waals surface area contributed by atoms with Crippen molar-refractivity contribution in [3.8, 4) is 5.75 Å². The zero-order valence-corrected chi connectivity index (χ0v) is 22.6. The molecule has 11 nitrogen and oxygen atoms in total. The van der Waals surface area contributed by atoms with Crippen LogP contribution in [-0.2, 0) is 41.7 Å². The van der Waals surface area contributed by atoms with Crippen molar-refractivity contribution < 1.29 is 43.0 Å². The Morgan fingerprint density at radius 1 is 1.00 bits per heavy atom. The number of carbonyl (C=O) groups excluding carboxylic acids is 5. The topological polar surface area (TPSA) is 138 Å². The van der Waals surface area contributed by atoms with Crippen molar-refractivity contribution in [1.82, 2.24) is 10.4 Å². The Labute approximate surface area is 227 Å². The zero-order valence-electron chi connectivity index (χ0n) is 21.0. The molecule has 0 bridgehead atoms. The van der Waals surface area contributed by atoms with Crippen LogP contribution in [0.5, 0.6) is 5.75 Å². The first-order valence-electron chi connectivity index (χ1n) is 11.7. The normalized spacial score (nSPS) is 14.1. The lowest BCUT2D eigenvalue weighted by molar-refractivity contribution is -0.198. The van der Waals surface area contributed by atoms with Gasteiger partial charge in [-0.05, 0) is 44.5 Å². The van der Waals surface area contributed by atoms with Gasteiger partial charge in [0.25, 0.3) is 11.8 Å². The van der Waals surface area contributed by atoms with Crippen LogP contribution in [0.25, 0.3) is 0 Å². The molecule has 1 heterocycles. The van der Waals surface area contributed by atoms with E-state index in [2.05, 4.69) is 21.2 Å². The molecule has 3 amide bonds. The van der Waals surface area contributed by atoms with Crippen LogP contribution in [0.4, 0.5) is 9.59 Å². The van der Waals surface area contributed by atoms with Crippen LogP contribution in [0.1, 0.15) is 44.7 Å². The minimum Gasteiger partial charge on any atom is -0.444 e. The number of nitrogens with zero attached hydrogens (tertiary/aromatic N) is 1. The molecule has 1 saturated heterocycles. The van der Waals surface area contributed by atoms with Crippen LogP contribution in [0.2, 0.25) is 0 Å². The van der Waals surface area contributed by atoms with Crippen LogP contribution in [-0.4, -0.2) is 46.7 Å². The summed E-state index contributed by atoms with van der Waals surface area (Å²) in [5, 5.41) is 2.82. The molecule has 1 aliphatic heterocycles. The van der Waals surface area contributed by atoms with Gasteiger partial charge in [0.1, 0.15) is 24.0 Å². The molecule has 12 heteroatoms. The van der Waals surface area contributed by atoms with Gasteiger partial charge in [-0.2, -0.15) is 0 Å². The fraction of sp³-hybridized carbons (Fsp3) is 0.346. The molecule has 0 spiro atoms. The van der Waals surface area contributed by atoms with Crippen molar-refractivity contribution in [2.75, 3.05) is 0 Å². The number of amides is 3.